The number of carboxylic acids is 1. The first-order valence-corrected chi connectivity index (χ1v) is 4.69. The number of nitrogens with zero attached hydrogens (tertiary/aromatic N) is 1. The van der Waals surface area contributed by atoms with Gasteiger partial charge < -0.3 is 14.8 Å². The first-order chi connectivity index (χ1) is 7.15. The normalized spacial score (nSPS) is 10.7. The first kappa shape index (κ1) is 9.58. The van der Waals surface area contributed by atoms with Crippen molar-refractivity contribution >= 4 is 16.9 Å². The molecule has 0 spiro atoms. The van der Waals surface area contributed by atoms with Crippen LogP contribution >= 0.6 is 0 Å². The van der Waals surface area contributed by atoms with Crippen molar-refractivity contribution in [3.63, 3.8) is 0 Å². The van der Waals surface area contributed by atoms with Gasteiger partial charge in [-0.15, -0.1) is 0 Å². The summed E-state index contributed by atoms with van der Waals surface area (Å²) in [5, 5.41) is 19.0. The molecule has 0 unspecified atom stereocenters. The first-order valence-electron chi connectivity index (χ1n) is 4.69. The zero-order valence-corrected chi connectivity index (χ0v) is 8.27. The number of phenolic OH excluding ortho intramolecular Hbond substituents is 1. The minimum atomic E-state index is -1.02. The van der Waals surface area contributed by atoms with Crippen molar-refractivity contribution in [1.29, 1.82) is 0 Å². The van der Waals surface area contributed by atoms with Gasteiger partial charge in [-0.1, -0.05) is 6.07 Å². The lowest BCUT2D eigenvalue weighted by atomic mass is 10.1. The number of phenols is 1. The van der Waals surface area contributed by atoms with Crippen molar-refractivity contribution < 1.29 is 15.0 Å². The second-order valence-electron chi connectivity index (χ2n) is 3.31. The Morgan fingerprint density at radius 2 is 2.20 bits per heavy atom. The van der Waals surface area contributed by atoms with E-state index >= 15 is 0 Å². The Kier molecular flexibility index (Phi) is 2.11. The predicted molar refractivity (Wildman–Crippen MR) is 56.2 cm³/mol. The summed E-state index contributed by atoms with van der Waals surface area (Å²) in [5.41, 5.74) is 0.889. The Morgan fingerprint density at radius 3 is 2.80 bits per heavy atom. The number of aromatic carboxylic acids is 1. The molecule has 78 valence electrons. The molecule has 0 atom stereocenters. The van der Waals surface area contributed by atoms with Gasteiger partial charge in [-0.3, -0.25) is 0 Å². The van der Waals surface area contributed by atoms with Crippen LogP contribution in [0.15, 0.2) is 24.4 Å². The minimum absolute atomic E-state index is 0.0112. The molecule has 0 aliphatic heterocycles. The van der Waals surface area contributed by atoms with Crippen LogP contribution in [0.1, 0.15) is 17.3 Å². The highest BCUT2D eigenvalue weighted by molar-refractivity contribution is 6.06. The summed E-state index contributed by atoms with van der Waals surface area (Å²) in [7, 11) is 0. The van der Waals surface area contributed by atoms with E-state index in [-0.39, 0.29) is 11.3 Å². The molecular formula is C11H11NO3. The van der Waals surface area contributed by atoms with Gasteiger partial charge in [-0.25, -0.2) is 4.79 Å². The van der Waals surface area contributed by atoms with Crippen molar-refractivity contribution in [2.75, 3.05) is 0 Å². The minimum Gasteiger partial charge on any atom is -0.507 e. The van der Waals surface area contributed by atoms with E-state index in [0.717, 1.165) is 5.52 Å². The number of carboxylic acid groups (broad SMARTS) is 1. The zero-order valence-electron chi connectivity index (χ0n) is 8.27. The molecule has 1 aromatic heterocycles. The summed E-state index contributed by atoms with van der Waals surface area (Å²) >= 11 is 0. The van der Waals surface area contributed by atoms with E-state index in [9.17, 15) is 9.90 Å². The Bertz CT molecular complexity index is 528. The molecule has 15 heavy (non-hydrogen) atoms. The SMILES string of the molecule is CCn1cc(C(=O)O)c2c(O)cccc21. The lowest BCUT2D eigenvalue weighted by Gasteiger charge is -2.00. The fraction of sp³-hybridized carbons (Fsp3) is 0.182. The second-order valence-corrected chi connectivity index (χ2v) is 3.31. The van der Waals surface area contributed by atoms with Gasteiger partial charge in [0.05, 0.1) is 16.5 Å². The van der Waals surface area contributed by atoms with Gasteiger partial charge in [-0.2, -0.15) is 0 Å². The Morgan fingerprint density at radius 1 is 1.47 bits per heavy atom. The van der Waals surface area contributed by atoms with E-state index < -0.39 is 5.97 Å². The third kappa shape index (κ3) is 1.34. The number of aromatic hydroxyl groups is 1. The Labute approximate surface area is 86.4 Å². The maximum atomic E-state index is 11.0. The van der Waals surface area contributed by atoms with Crippen molar-refractivity contribution in [2.45, 2.75) is 13.5 Å². The summed E-state index contributed by atoms with van der Waals surface area (Å²) < 4.78 is 1.80. The molecule has 1 heterocycles. The zero-order chi connectivity index (χ0) is 11.0. The molecule has 4 nitrogen and oxygen atoms in total. The van der Waals surface area contributed by atoms with E-state index in [2.05, 4.69) is 0 Å². The van der Waals surface area contributed by atoms with Gasteiger partial charge in [0.2, 0.25) is 0 Å². The van der Waals surface area contributed by atoms with Crippen molar-refractivity contribution in [2.24, 2.45) is 0 Å². The molecule has 0 saturated heterocycles. The second kappa shape index (κ2) is 3.31. The summed E-state index contributed by atoms with van der Waals surface area (Å²) in [6, 6.07) is 5.00. The molecule has 4 heteroatoms. The van der Waals surface area contributed by atoms with Gasteiger partial charge in [0.1, 0.15) is 5.75 Å². The molecule has 0 amide bonds. The molecular weight excluding hydrogens is 194 g/mol. The topological polar surface area (TPSA) is 62.5 Å². The van der Waals surface area contributed by atoms with Crippen LogP contribution in [0, 0.1) is 0 Å². The van der Waals surface area contributed by atoms with Crippen LogP contribution < -0.4 is 0 Å². The Balaban J connectivity index is 2.88. The fourth-order valence-corrected chi connectivity index (χ4v) is 1.76. The quantitative estimate of drug-likeness (QED) is 0.788. The van der Waals surface area contributed by atoms with Crippen LogP contribution in [0.25, 0.3) is 10.9 Å². The standard InChI is InChI=1S/C11H11NO3/c1-2-12-6-7(11(14)15)10-8(12)4-3-5-9(10)13/h3-6,13H,2H2,1H3,(H,14,15). The van der Waals surface area contributed by atoms with E-state index in [0.29, 0.717) is 11.9 Å². The molecule has 0 aliphatic rings. The Hall–Kier alpha value is -1.97. The maximum Gasteiger partial charge on any atom is 0.338 e. The van der Waals surface area contributed by atoms with Crippen LogP contribution in [0.4, 0.5) is 0 Å². The summed E-state index contributed by atoms with van der Waals surface area (Å²) in [4.78, 5) is 11.0. The van der Waals surface area contributed by atoms with Crippen LogP contribution in [-0.2, 0) is 6.54 Å². The van der Waals surface area contributed by atoms with Gasteiger partial charge in [0.25, 0.3) is 0 Å². The molecule has 0 aliphatic carbocycles. The number of fused-ring (bicyclic) bond motifs is 1. The lowest BCUT2D eigenvalue weighted by molar-refractivity contribution is 0.0698. The third-order valence-electron chi connectivity index (χ3n) is 2.46. The number of benzene rings is 1. The molecule has 2 N–H and O–H groups in total. The molecule has 0 radical (unpaired) electrons. The fourth-order valence-electron chi connectivity index (χ4n) is 1.76. The highest BCUT2D eigenvalue weighted by Gasteiger charge is 2.16. The molecule has 0 fully saturated rings. The van der Waals surface area contributed by atoms with E-state index in [1.165, 1.54) is 6.07 Å². The average molecular weight is 205 g/mol. The van der Waals surface area contributed by atoms with Crippen LogP contribution in [0.3, 0.4) is 0 Å². The molecule has 0 saturated carbocycles. The van der Waals surface area contributed by atoms with Gasteiger partial charge in [-0.05, 0) is 19.1 Å². The molecule has 2 aromatic rings. The number of hydrogen-bond acceptors (Lipinski definition) is 2. The van der Waals surface area contributed by atoms with Gasteiger partial charge in [0.15, 0.2) is 0 Å². The number of rotatable bonds is 2. The van der Waals surface area contributed by atoms with Crippen molar-refractivity contribution in [3.05, 3.63) is 30.0 Å². The van der Waals surface area contributed by atoms with Gasteiger partial charge >= 0.3 is 5.97 Å². The summed E-state index contributed by atoms with van der Waals surface area (Å²) in [5.74, 6) is -1.01. The van der Waals surface area contributed by atoms with Gasteiger partial charge in [0, 0.05) is 12.7 Å². The average Bonchev–Trinajstić information content (AvgIpc) is 2.58. The molecule has 0 bridgehead atoms. The molecule has 1 aromatic carbocycles. The van der Waals surface area contributed by atoms with Crippen molar-refractivity contribution in [3.8, 4) is 5.75 Å². The van der Waals surface area contributed by atoms with Crippen LogP contribution in [-0.4, -0.2) is 20.7 Å². The third-order valence-corrected chi connectivity index (χ3v) is 2.46. The number of aromatic nitrogens is 1. The summed E-state index contributed by atoms with van der Waals surface area (Å²) in [6.45, 7) is 2.60. The number of carbonyl (C=O) groups is 1. The molecule has 2 rings (SSSR count). The van der Waals surface area contributed by atoms with Crippen molar-refractivity contribution in [1.82, 2.24) is 4.57 Å². The van der Waals surface area contributed by atoms with E-state index in [1.54, 1.807) is 22.9 Å². The van der Waals surface area contributed by atoms with Crippen LogP contribution in [0.2, 0.25) is 0 Å². The largest absolute Gasteiger partial charge is 0.507 e. The lowest BCUT2D eigenvalue weighted by Crippen LogP contribution is -1.94. The predicted octanol–water partition coefficient (Wildman–Crippen LogP) is 2.06. The number of hydrogen-bond donors (Lipinski definition) is 2. The summed E-state index contributed by atoms with van der Waals surface area (Å²) in [6.07, 6.45) is 1.55. The maximum absolute atomic E-state index is 11.0. The highest BCUT2D eigenvalue weighted by atomic mass is 16.4. The van der Waals surface area contributed by atoms with E-state index in [1.807, 2.05) is 6.92 Å². The number of aryl methyl sites for hydroxylation is 1. The monoisotopic (exact) mass is 205 g/mol. The van der Waals surface area contributed by atoms with Crippen LogP contribution in [0.5, 0.6) is 5.75 Å². The smallest absolute Gasteiger partial charge is 0.338 e. The van der Waals surface area contributed by atoms with E-state index in [4.69, 9.17) is 5.11 Å². The highest BCUT2D eigenvalue weighted by Crippen LogP contribution is 2.29.